The molecule has 5 nitrogen and oxygen atoms in total. The van der Waals surface area contributed by atoms with Gasteiger partial charge in [0.1, 0.15) is 6.29 Å². The molecule has 0 bridgehead atoms. The Bertz CT molecular complexity index is 352. The van der Waals surface area contributed by atoms with E-state index in [1.165, 1.54) is 12.1 Å². The van der Waals surface area contributed by atoms with Gasteiger partial charge in [-0.3, -0.25) is 10.1 Å². The van der Waals surface area contributed by atoms with E-state index >= 15 is 0 Å². The van der Waals surface area contributed by atoms with Crippen LogP contribution in [0, 0.1) is 10.1 Å². The van der Waals surface area contributed by atoms with Crippen molar-refractivity contribution >= 4 is 12.0 Å². The molecule has 0 fully saturated rings. The molecule has 14 heavy (non-hydrogen) atoms. The molecule has 1 aromatic carbocycles. The first-order chi connectivity index (χ1) is 6.63. The molecule has 1 aromatic rings. The molecule has 0 aliphatic carbocycles. The Morgan fingerprint density at radius 1 is 1.57 bits per heavy atom. The lowest BCUT2D eigenvalue weighted by molar-refractivity contribution is -0.384. The van der Waals surface area contributed by atoms with Crippen molar-refractivity contribution in [2.24, 2.45) is 5.73 Å². The first-order valence-electron chi connectivity index (χ1n) is 4.07. The molecule has 0 heterocycles. The van der Waals surface area contributed by atoms with Crippen molar-refractivity contribution in [3.63, 3.8) is 0 Å². The predicted molar refractivity (Wildman–Crippen MR) is 50.8 cm³/mol. The minimum absolute atomic E-state index is 0.0144. The molecule has 5 heteroatoms. The summed E-state index contributed by atoms with van der Waals surface area (Å²) in [5.74, 6) is 0. The number of nitro benzene ring substituents is 1. The number of hydrogen-bond donors (Lipinski definition) is 1. The fourth-order valence-corrected chi connectivity index (χ4v) is 1.12. The topological polar surface area (TPSA) is 86.2 Å². The number of nitrogens with two attached hydrogens (primary N) is 1. The van der Waals surface area contributed by atoms with Crippen LogP contribution >= 0.6 is 0 Å². The van der Waals surface area contributed by atoms with Gasteiger partial charge in [-0.25, -0.2) is 0 Å². The Hall–Kier alpha value is -1.75. The van der Waals surface area contributed by atoms with Crippen molar-refractivity contribution < 1.29 is 9.72 Å². The summed E-state index contributed by atoms with van der Waals surface area (Å²) >= 11 is 0. The number of hydrogen-bond acceptors (Lipinski definition) is 4. The first-order valence-corrected chi connectivity index (χ1v) is 4.07. The average molecular weight is 194 g/mol. The van der Waals surface area contributed by atoms with Crippen LogP contribution in [0.15, 0.2) is 24.3 Å². The van der Waals surface area contributed by atoms with Gasteiger partial charge < -0.3 is 10.5 Å². The van der Waals surface area contributed by atoms with Crippen LogP contribution < -0.4 is 5.73 Å². The SMILES string of the molecule is N[C@H](C=O)Cc1cccc([N+](=O)[O-])c1. The first kappa shape index (κ1) is 10.3. The summed E-state index contributed by atoms with van der Waals surface area (Å²) in [6, 6.07) is 5.50. The van der Waals surface area contributed by atoms with Gasteiger partial charge >= 0.3 is 0 Å². The average Bonchev–Trinajstić information content (AvgIpc) is 2.18. The molecule has 1 rings (SSSR count). The molecule has 0 unspecified atom stereocenters. The Kier molecular flexibility index (Phi) is 3.30. The molecule has 0 aliphatic rings. The zero-order valence-corrected chi connectivity index (χ0v) is 7.42. The summed E-state index contributed by atoms with van der Waals surface area (Å²) in [7, 11) is 0. The molecule has 0 saturated heterocycles. The molecular weight excluding hydrogens is 184 g/mol. The van der Waals surface area contributed by atoms with Crippen LogP contribution in [0.5, 0.6) is 0 Å². The van der Waals surface area contributed by atoms with Gasteiger partial charge in [-0.2, -0.15) is 0 Å². The summed E-state index contributed by atoms with van der Waals surface area (Å²) in [5.41, 5.74) is 6.10. The molecule has 0 amide bonds. The van der Waals surface area contributed by atoms with Crippen LogP contribution in [0.2, 0.25) is 0 Å². The summed E-state index contributed by atoms with van der Waals surface area (Å²) in [6.45, 7) is 0. The van der Waals surface area contributed by atoms with Gasteiger partial charge in [-0.15, -0.1) is 0 Å². The van der Waals surface area contributed by atoms with E-state index < -0.39 is 11.0 Å². The second kappa shape index (κ2) is 4.48. The molecule has 2 N–H and O–H groups in total. The minimum atomic E-state index is -0.600. The number of nitrogens with zero attached hydrogens (tertiary/aromatic N) is 1. The highest BCUT2D eigenvalue weighted by Crippen LogP contribution is 2.13. The van der Waals surface area contributed by atoms with Crippen molar-refractivity contribution in [2.75, 3.05) is 0 Å². The molecule has 0 aromatic heterocycles. The molecule has 0 saturated carbocycles. The standard InChI is InChI=1S/C9H10N2O3/c10-8(6-12)4-7-2-1-3-9(5-7)11(13)14/h1-3,5-6,8H,4,10H2/t8-/m0/s1. The van der Waals surface area contributed by atoms with Gasteiger partial charge in [0.15, 0.2) is 0 Å². The van der Waals surface area contributed by atoms with E-state index in [-0.39, 0.29) is 5.69 Å². The van der Waals surface area contributed by atoms with Crippen LogP contribution in [-0.4, -0.2) is 17.3 Å². The second-order valence-electron chi connectivity index (χ2n) is 2.93. The minimum Gasteiger partial charge on any atom is -0.321 e. The van der Waals surface area contributed by atoms with Crippen molar-refractivity contribution in [1.82, 2.24) is 0 Å². The van der Waals surface area contributed by atoms with E-state index in [2.05, 4.69) is 0 Å². The number of rotatable bonds is 4. The summed E-state index contributed by atoms with van der Waals surface area (Å²) in [6.07, 6.45) is 0.948. The molecule has 1 atom stereocenters. The zero-order valence-electron chi connectivity index (χ0n) is 7.42. The Morgan fingerprint density at radius 3 is 2.86 bits per heavy atom. The van der Waals surface area contributed by atoms with Crippen LogP contribution in [0.4, 0.5) is 5.69 Å². The molecule has 0 spiro atoms. The van der Waals surface area contributed by atoms with E-state index in [0.717, 1.165) is 0 Å². The van der Waals surface area contributed by atoms with Gasteiger partial charge in [-0.1, -0.05) is 12.1 Å². The highest BCUT2D eigenvalue weighted by molar-refractivity contribution is 5.58. The van der Waals surface area contributed by atoms with Crippen molar-refractivity contribution in [3.8, 4) is 0 Å². The monoisotopic (exact) mass is 194 g/mol. The number of nitro groups is 1. The second-order valence-corrected chi connectivity index (χ2v) is 2.93. The number of carbonyl (C=O) groups is 1. The molecular formula is C9H10N2O3. The van der Waals surface area contributed by atoms with E-state index in [9.17, 15) is 14.9 Å². The maximum absolute atomic E-state index is 10.4. The molecule has 0 aliphatic heterocycles. The van der Waals surface area contributed by atoms with Crippen molar-refractivity contribution in [1.29, 1.82) is 0 Å². The fourth-order valence-electron chi connectivity index (χ4n) is 1.12. The third kappa shape index (κ3) is 2.63. The Morgan fingerprint density at radius 2 is 2.29 bits per heavy atom. The van der Waals surface area contributed by atoms with E-state index in [1.807, 2.05) is 0 Å². The number of aldehydes is 1. The smallest absolute Gasteiger partial charge is 0.269 e. The fraction of sp³-hybridized carbons (Fsp3) is 0.222. The van der Waals surface area contributed by atoms with Gasteiger partial charge in [0, 0.05) is 12.1 Å². The van der Waals surface area contributed by atoms with Crippen LogP contribution in [-0.2, 0) is 11.2 Å². The highest BCUT2D eigenvalue weighted by Gasteiger charge is 2.07. The van der Waals surface area contributed by atoms with Crippen LogP contribution in [0.3, 0.4) is 0 Å². The molecule has 0 radical (unpaired) electrons. The van der Waals surface area contributed by atoms with E-state index in [0.29, 0.717) is 18.3 Å². The maximum Gasteiger partial charge on any atom is 0.269 e. The Balaban J connectivity index is 2.83. The lowest BCUT2D eigenvalue weighted by atomic mass is 10.1. The number of non-ortho nitro benzene ring substituents is 1. The normalized spacial score (nSPS) is 12.1. The summed E-state index contributed by atoms with van der Waals surface area (Å²) < 4.78 is 0. The number of benzene rings is 1. The van der Waals surface area contributed by atoms with E-state index in [1.54, 1.807) is 12.1 Å². The highest BCUT2D eigenvalue weighted by atomic mass is 16.6. The quantitative estimate of drug-likeness (QED) is 0.433. The lowest BCUT2D eigenvalue weighted by Gasteiger charge is -2.02. The third-order valence-corrected chi connectivity index (χ3v) is 1.77. The summed E-state index contributed by atoms with van der Waals surface area (Å²) in [4.78, 5) is 20.2. The van der Waals surface area contributed by atoms with Gasteiger partial charge in [0.05, 0.1) is 11.0 Å². The molecule has 74 valence electrons. The van der Waals surface area contributed by atoms with Crippen LogP contribution in [0.1, 0.15) is 5.56 Å². The Labute approximate surface area is 80.7 Å². The maximum atomic E-state index is 10.4. The predicted octanol–water partition coefficient (Wildman–Crippen LogP) is 0.663. The summed E-state index contributed by atoms with van der Waals surface area (Å²) in [5, 5.41) is 10.4. The van der Waals surface area contributed by atoms with Gasteiger partial charge in [0.25, 0.3) is 5.69 Å². The van der Waals surface area contributed by atoms with Gasteiger partial charge in [-0.05, 0) is 12.0 Å². The van der Waals surface area contributed by atoms with Gasteiger partial charge in [0.2, 0.25) is 0 Å². The lowest BCUT2D eigenvalue weighted by Crippen LogP contribution is -2.24. The van der Waals surface area contributed by atoms with Crippen molar-refractivity contribution in [2.45, 2.75) is 12.5 Å². The third-order valence-electron chi connectivity index (χ3n) is 1.77. The largest absolute Gasteiger partial charge is 0.321 e. The van der Waals surface area contributed by atoms with Crippen LogP contribution in [0.25, 0.3) is 0 Å². The van der Waals surface area contributed by atoms with E-state index in [4.69, 9.17) is 5.73 Å². The zero-order chi connectivity index (χ0) is 10.6. The number of carbonyl (C=O) groups excluding carboxylic acids is 1. The van der Waals surface area contributed by atoms with Crippen molar-refractivity contribution in [3.05, 3.63) is 39.9 Å².